The van der Waals surface area contributed by atoms with Crippen molar-refractivity contribution >= 4 is 11.7 Å². The third-order valence-electron chi connectivity index (χ3n) is 4.11. The molecule has 0 bridgehead atoms. The van der Waals surface area contributed by atoms with Crippen molar-refractivity contribution in [2.45, 2.75) is 19.8 Å². The van der Waals surface area contributed by atoms with Gasteiger partial charge >= 0.3 is 5.97 Å². The first-order chi connectivity index (χ1) is 10.5. The van der Waals surface area contributed by atoms with Gasteiger partial charge in [-0.15, -0.1) is 0 Å². The molecule has 0 radical (unpaired) electrons. The third kappa shape index (κ3) is 2.54. The number of benzene rings is 2. The van der Waals surface area contributed by atoms with Gasteiger partial charge in [-0.2, -0.15) is 0 Å². The average Bonchev–Trinajstić information content (AvgIpc) is 2.51. The van der Waals surface area contributed by atoms with Crippen molar-refractivity contribution in [1.29, 1.82) is 0 Å². The lowest BCUT2D eigenvalue weighted by Crippen LogP contribution is -2.35. The fraction of sp³-hybridized carbons (Fsp3) is 0.211. The van der Waals surface area contributed by atoms with Crippen LogP contribution in [0, 0.1) is 11.2 Å². The molecule has 2 nitrogen and oxygen atoms in total. The number of halogens is 1. The molecule has 3 heteroatoms. The summed E-state index contributed by atoms with van der Waals surface area (Å²) in [6.07, 6.45) is 1.95. The zero-order valence-corrected chi connectivity index (χ0v) is 12.5. The van der Waals surface area contributed by atoms with Gasteiger partial charge in [-0.25, -0.2) is 4.39 Å². The topological polar surface area (TPSA) is 26.3 Å². The number of allylic oxidation sites excluding steroid dienone is 1. The number of ether oxygens (including phenoxy) is 1. The van der Waals surface area contributed by atoms with Crippen LogP contribution in [0.2, 0.25) is 0 Å². The van der Waals surface area contributed by atoms with E-state index in [1.54, 1.807) is 12.1 Å². The highest BCUT2D eigenvalue weighted by Gasteiger charge is 2.42. The van der Waals surface area contributed by atoms with E-state index in [1.807, 2.05) is 50.3 Å². The Morgan fingerprint density at radius 2 is 1.64 bits per heavy atom. The van der Waals surface area contributed by atoms with Crippen LogP contribution in [0.1, 0.15) is 30.9 Å². The van der Waals surface area contributed by atoms with Crippen LogP contribution in [0.3, 0.4) is 0 Å². The molecule has 1 aliphatic heterocycles. The van der Waals surface area contributed by atoms with Gasteiger partial charge in [0.2, 0.25) is 0 Å². The monoisotopic (exact) mass is 296 g/mol. The normalized spacial score (nSPS) is 20.2. The lowest BCUT2D eigenvalue weighted by atomic mass is 9.73. The molecule has 0 aromatic heterocycles. The lowest BCUT2D eigenvalue weighted by Gasteiger charge is -2.35. The lowest BCUT2D eigenvalue weighted by molar-refractivity contribution is -0.148. The van der Waals surface area contributed by atoms with Gasteiger partial charge in [0.25, 0.3) is 0 Å². The Morgan fingerprint density at radius 3 is 2.27 bits per heavy atom. The van der Waals surface area contributed by atoms with Crippen molar-refractivity contribution in [2.75, 3.05) is 0 Å². The quantitative estimate of drug-likeness (QED) is 0.761. The van der Waals surface area contributed by atoms with E-state index >= 15 is 0 Å². The largest absolute Gasteiger partial charge is 0.426 e. The van der Waals surface area contributed by atoms with Gasteiger partial charge in [-0.3, -0.25) is 4.79 Å². The highest BCUT2D eigenvalue weighted by Crippen LogP contribution is 2.44. The molecule has 1 aliphatic rings. The van der Waals surface area contributed by atoms with Gasteiger partial charge in [-0.05, 0) is 49.8 Å². The summed E-state index contributed by atoms with van der Waals surface area (Å²) < 4.78 is 18.5. The molecule has 3 rings (SSSR count). The van der Waals surface area contributed by atoms with E-state index in [0.717, 1.165) is 5.56 Å². The minimum atomic E-state index is -0.648. The fourth-order valence-corrected chi connectivity index (χ4v) is 2.69. The Bertz CT molecular complexity index is 715. The Hall–Kier alpha value is -2.42. The summed E-state index contributed by atoms with van der Waals surface area (Å²) in [5.41, 5.74) is 1.11. The molecule has 1 unspecified atom stereocenters. The van der Waals surface area contributed by atoms with Crippen molar-refractivity contribution in [3.8, 4) is 0 Å². The number of esters is 1. The molecular formula is C19H17FO2. The van der Waals surface area contributed by atoms with E-state index in [1.165, 1.54) is 12.1 Å². The van der Waals surface area contributed by atoms with Crippen molar-refractivity contribution in [3.05, 3.63) is 77.6 Å². The van der Waals surface area contributed by atoms with Crippen molar-refractivity contribution in [3.63, 3.8) is 0 Å². The summed E-state index contributed by atoms with van der Waals surface area (Å²) in [6.45, 7) is 3.76. The van der Waals surface area contributed by atoms with Crippen molar-refractivity contribution in [2.24, 2.45) is 5.41 Å². The summed E-state index contributed by atoms with van der Waals surface area (Å²) in [6, 6.07) is 15.8. The molecule has 1 heterocycles. The molecule has 112 valence electrons. The maximum Gasteiger partial charge on any atom is 0.317 e. The smallest absolute Gasteiger partial charge is 0.317 e. The molecule has 0 amide bonds. The second-order valence-electron chi connectivity index (χ2n) is 6.04. The molecule has 0 fully saturated rings. The summed E-state index contributed by atoms with van der Waals surface area (Å²) in [5.74, 6) is -0.192. The first kappa shape index (κ1) is 14.5. The van der Waals surface area contributed by atoms with Gasteiger partial charge in [0, 0.05) is 11.5 Å². The Labute approximate surface area is 129 Å². The van der Waals surface area contributed by atoms with Crippen LogP contribution in [-0.2, 0) is 9.53 Å². The van der Waals surface area contributed by atoms with Crippen LogP contribution in [0.15, 0.2) is 60.7 Å². The van der Waals surface area contributed by atoms with E-state index in [4.69, 9.17) is 4.74 Å². The molecule has 0 aliphatic carbocycles. The number of hydrogen-bond acceptors (Lipinski definition) is 2. The van der Waals surface area contributed by atoms with Crippen LogP contribution in [-0.4, -0.2) is 5.97 Å². The summed E-state index contributed by atoms with van der Waals surface area (Å²) in [7, 11) is 0. The number of carbonyl (C=O) groups is 1. The Kier molecular flexibility index (Phi) is 3.57. The Morgan fingerprint density at radius 1 is 1.00 bits per heavy atom. The second-order valence-corrected chi connectivity index (χ2v) is 6.04. The molecule has 2 aromatic rings. The van der Waals surface area contributed by atoms with Gasteiger partial charge in [-0.1, -0.05) is 30.3 Å². The van der Waals surface area contributed by atoms with E-state index < -0.39 is 5.41 Å². The first-order valence-corrected chi connectivity index (χ1v) is 7.23. The highest BCUT2D eigenvalue weighted by molar-refractivity contribution is 5.87. The number of hydrogen-bond donors (Lipinski definition) is 0. The van der Waals surface area contributed by atoms with E-state index in [0.29, 0.717) is 11.3 Å². The maximum absolute atomic E-state index is 13.1. The predicted octanol–water partition coefficient (Wildman–Crippen LogP) is 4.53. The minimum absolute atomic E-state index is 0.0880. The highest BCUT2D eigenvalue weighted by atomic mass is 19.1. The first-order valence-electron chi connectivity index (χ1n) is 7.23. The molecule has 2 aromatic carbocycles. The van der Waals surface area contributed by atoms with Crippen LogP contribution in [0.25, 0.3) is 5.76 Å². The van der Waals surface area contributed by atoms with Crippen LogP contribution in [0.4, 0.5) is 4.39 Å². The van der Waals surface area contributed by atoms with E-state index in [2.05, 4.69) is 0 Å². The van der Waals surface area contributed by atoms with E-state index in [9.17, 15) is 9.18 Å². The molecule has 0 spiro atoms. The number of carbonyl (C=O) groups excluding carboxylic acids is 1. The average molecular weight is 296 g/mol. The predicted molar refractivity (Wildman–Crippen MR) is 83.4 cm³/mol. The molecular weight excluding hydrogens is 279 g/mol. The van der Waals surface area contributed by atoms with Crippen LogP contribution < -0.4 is 0 Å². The fourth-order valence-electron chi connectivity index (χ4n) is 2.69. The van der Waals surface area contributed by atoms with Crippen LogP contribution >= 0.6 is 0 Å². The van der Waals surface area contributed by atoms with Crippen molar-refractivity contribution in [1.82, 2.24) is 0 Å². The number of cyclic esters (lactones) is 1. The van der Waals surface area contributed by atoms with Gasteiger partial charge < -0.3 is 4.74 Å². The zero-order chi connectivity index (χ0) is 15.7. The minimum Gasteiger partial charge on any atom is -0.426 e. The summed E-state index contributed by atoms with van der Waals surface area (Å²) in [5, 5.41) is 0. The number of rotatable bonds is 2. The zero-order valence-electron chi connectivity index (χ0n) is 12.5. The molecule has 22 heavy (non-hydrogen) atoms. The Balaban J connectivity index is 2.07. The second kappa shape index (κ2) is 5.41. The summed E-state index contributed by atoms with van der Waals surface area (Å²) in [4.78, 5) is 12.4. The molecule has 0 saturated carbocycles. The standard InChI is InChI=1S/C19H17FO2/c1-19(2)16(13-6-4-3-5-7-13)12-17(22-18(19)21)14-8-10-15(20)11-9-14/h3-12,16H,1-2H3. The van der Waals surface area contributed by atoms with Crippen molar-refractivity contribution < 1.29 is 13.9 Å². The SMILES string of the molecule is CC1(C)C(=O)OC(c2ccc(F)cc2)=CC1c1ccccc1. The maximum atomic E-state index is 13.1. The summed E-state index contributed by atoms with van der Waals surface area (Å²) >= 11 is 0. The molecule has 1 atom stereocenters. The van der Waals surface area contributed by atoms with E-state index in [-0.39, 0.29) is 17.7 Å². The van der Waals surface area contributed by atoms with Gasteiger partial charge in [0.05, 0.1) is 5.41 Å². The van der Waals surface area contributed by atoms with Gasteiger partial charge in [0.15, 0.2) is 0 Å². The third-order valence-corrected chi connectivity index (χ3v) is 4.11. The molecule has 0 N–H and O–H groups in total. The van der Waals surface area contributed by atoms with Gasteiger partial charge in [0.1, 0.15) is 11.6 Å². The molecule has 0 saturated heterocycles. The van der Waals surface area contributed by atoms with Crippen LogP contribution in [0.5, 0.6) is 0 Å².